The van der Waals surface area contributed by atoms with Gasteiger partial charge in [-0.15, -0.1) is 0 Å². The van der Waals surface area contributed by atoms with Crippen LogP contribution in [0.25, 0.3) is 0 Å². The van der Waals surface area contributed by atoms with Crippen LogP contribution < -0.4 is 10.5 Å². The molecule has 108 valence electrons. The van der Waals surface area contributed by atoms with Crippen molar-refractivity contribution in [3.63, 3.8) is 0 Å². The highest BCUT2D eigenvalue weighted by atomic mass is 16.5. The first-order valence-corrected chi connectivity index (χ1v) is 6.78. The lowest BCUT2D eigenvalue weighted by atomic mass is 10.3. The molecular weight excluding hydrogens is 252 g/mol. The van der Waals surface area contributed by atoms with Gasteiger partial charge >= 0.3 is 0 Å². The fourth-order valence-corrected chi connectivity index (χ4v) is 2.07. The maximum absolute atomic E-state index is 5.82. The highest BCUT2D eigenvalue weighted by molar-refractivity contribution is 5.51. The minimum absolute atomic E-state index is 0.672. The number of aryl methyl sites for hydroxylation is 1. The van der Waals surface area contributed by atoms with Gasteiger partial charge in [0.05, 0.1) is 18.5 Å². The van der Waals surface area contributed by atoms with E-state index in [-0.39, 0.29) is 0 Å². The smallest absolute Gasteiger partial charge is 0.142 e. The average Bonchev–Trinajstić information content (AvgIpc) is 2.82. The predicted octanol–water partition coefficient (Wildman–Crippen LogP) is 1.90. The van der Waals surface area contributed by atoms with E-state index in [0.29, 0.717) is 12.3 Å². The number of ether oxygens (including phenoxy) is 1. The number of hydrogen-bond donors (Lipinski definition) is 1. The van der Waals surface area contributed by atoms with E-state index in [2.05, 4.69) is 17.0 Å². The van der Waals surface area contributed by atoms with Gasteiger partial charge in [-0.1, -0.05) is 12.1 Å². The topological polar surface area (TPSA) is 56.3 Å². The summed E-state index contributed by atoms with van der Waals surface area (Å²) in [6.45, 7) is 2.55. The zero-order chi connectivity index (χ0) is 14.4. The second-order valence-corrected chi connectivity index (χ2v) is 5.00. The number of nitrogen functional groups attached to an aromatic ring is 1. The van der Waals surface area contributed by atoms with E-state index < -0.39 is 0 Å². The molecular formula is C15H22N4O. The number of rotatable bonds is 7. The third-order valence-corrected chi connectivity index (χ3v) is 3.07. The molecule has 0 radical (unpaired) electrons. The van der Waals surface area contributed by atoms with Crippen LogP contribution in [0.2, 0.25) is 0 Å². The average molecular weight is 274 g/mol. The van der Waals surface area contributed by atoms with Gasteiger partial charge in [-0.2, -0.15) is 5.10 Å². The Labute approximate surface area is 119 Å². The second kappa shape index (κ2) is 6.96. The summed E-state index contributed by atoms with van der Waals surface area (Å²) in [4.78, 5) is 2.26. The molecule has 2 rings (SSSR count). The van der Waals surface area contributed by atoms with Gasteiger partial charge in [-0.05, 0) is 25.6 Å². The van der Waals surface area contributed by atoms with Gasteiger partial charge in [0.1, 0.15) is 5.75 Å². The molecule has 0 amide bonds. The number of para-hydroxylation sites is 2. The van der Waals surface area contributed by atoms with Gasteiger partial charge in [-0.3, -0.25) is 4.68 Å². The molecule has 5 nitrogen and oxygen atoms in total. The third-order valence-electron chi connectivity index (χ3n) is 3.07. The van der Waals surface area contributed by atoms with Crippen LogP contribution in [-0.4, -0.2) is 34.9 Å². The summed E-state index contributed by atoms with van der Waals surface area (Å²) >= 11 is 0. The fourth-order valence-electron chi connectivity index (χ4n) is 2.07. The summed E-state index contributed by atoms with van der Waals surface area (Å²) in [6, 6.07) is 7.59. The first-order chi connectivity index (χ1) is 9.65. The highest BCUT2D eigenvalue weighted by Crippen LogP contribution is 2.19. The van der Waals surface area contributed by atoms with Crippen molar-refractivity contribution in [3.05, 3.63) is 42.2 Å². The highest BCUT2D eigenvalue weighted by Gasteiger charge is 2.03. The summed E-state index contributed by atoms with van der Waals surface area (Å²) < 4.78 is 7.50. The fraction of sp³-hybridized carbons (Fsp3) is 0.400. The van der Waals surface area contributed by atoms with Gasteiger partial charge < -0.3 is 15.4 Å². The summed E-state index contributed by atoms with van der Waals surface area (Å²) in [7, 11) is 4.03. The molecule has 0 aliphatic rings. The Morgan fingerprint density at radius 1 is 1.35 bits per heavy atom. The first kappa shape index (κ1) is 14.4. The Bertz CT molecular complexity index is 538. The molecule has 2 N–H and O–H groups in total. The van der Waals surface area contributed by atoms with E-state index in [1.165, 1.54) is 5.56 Å². The minimum Gasteiger partial charge on any atom is -0.491 e. The molecule has 0 bridgehead atoms. The number of anilines is 1. The standard InChI is InChI=1S/C15H22N4O/c1-18(11-13-10-17-19(2)12-13)8-5-9-20-15-7-4-3-6-14(15)16/h3-4,6-7,10,12H,5,8-9,11,16H2,1-2H3. The van der Waals surface area contributed by atoms with Crippen molar-refractivity contribution in [1.82, 2.24) is 14.7 Å². The van der Waals surface area contributed by atoms with Crippen molar-refractivity contribution >= 4 is 5.69 Å². The van der Waals surface area contributed by atoms with Crippen LogP contribution >= 0.6 is 0 Å². The first-order valence-electron chi connectivity index (χ1n) is 6.78. The monoisotopic (exact) mass is 274 g/mol. The molecule has 20 heavy (non-hydrogen) atoms. The van der Waals surface area contributed by atoms with Crippen molar-refractivity contribution in [2.45, 2.75) is 13.0 Å². The van der Waals surface area contributed by atoms with Crippen LogP contribution in [0, 0.1) is 0 Å². The molecule has 0 fully saturated rings. The van der Waals surface area contributed by atoms with Crippen LogP contribution in [0.15, 0.2) is 36.7 Å². The van der Waals surface area contributed by atoms with E-state index in [1.54, 1.807) is 0 Å². The second-order valence-electron chi connectivity index (χ2n) is 5.00. The SMILES string of the molecule is CN(CCCOc1ccccc1N)Cc1cnn(C)c1. The molecule has 0 saturated heterocycles. The largest absolute Gasteiger partial charge is 0.491 e. The molecule has 5 heteroatoms. The maximum Gasteiger partial charge on any atom is 0.142 e. The summed E-state index contributed by atoms with van der Waals surface area (Å²) in [5, 5.41) is 4.17. The molecule has 0 spiro atoms. The number of benzene rings is 1. The number of nitrogens with two attached hydrogens (primary N) is 1. The molecule has 2 aromatic rings. The third kappa shape index (κ3) is 4.28. The van der Waals surface area contributed by atoms with E-state index in [0.717, 1.165) is 25.3 Å². The Hall–Kier alpha value is -2.01. The molecule has 1 aromatic heterocycles. The van der Waals surface area contributed by atoms with Crippen LogP contribution in [0.4, 0.5) is 5.69 Å². The molecule has 0 aliphatic carbocycles. The Morgan fingerprint density at radius 3 is 2.85 bits per heavy atom. The molecule has 1 heterocycles. The summed E-state index contributed by atoms with van der Waals surface area (Å²) in [5.41, 5.74) is 7.74. The van der Waals surface area contributed by atoms with E-state index in [9.17, 15) is 0 Å². The van der Waals surface area contributed by atoms with E-state index in [1.807, 2.05) is 48.4 Å². The number of nitrogens with zero attached hydrogens (tertiary/aromatic N) is 3. The van der Waals surface area contributed by atoms with Crippen molar-refractivity contribution in [2.24, 2.45) is 7.05 Å². The lowest BCUT2D eigenvalue weighted by Crippen LogP contribution is -2.20. The Morgan fingerprint density at radius 2 is 2.15 bits per heavy atom. The minimum atomic E-state index is 0.672. The van der Waals surface area contributed by atoms with Gasteiger partial charge in [0.2, 0.25) is 0 Å². The van der Waals surface area contributed by atoms with Crippen LogP contribution in [0.5, 0.6) is 5.75 Å². The van der Waals surface area contributed by atoms with Crippen LogP contribution in [0.1, 0.15) is 12.0 Å². The van der Waals surface area contributed by atoms with E-state index in [4.69, 9.17) is 10.5 Å². The van der Waals surface area contributed by atoms with Crippen molar-refractivity contribution < 1.29 is 4.74 Å². The normalized spacial score (nSPS) is 10.9. The molecule has 0 atom stereocenters. The quantitative estimate of drug-likeness (QED) is 0.619. The van der Waals surface area contributed by atoms with Gasteiger partial charge in [0.25, 0.3) is 0 Å². The van der Waals surface area contributed by atoms with Gasteiger partial charge in [0, 0.05) is 31.9 Å². The summed E-state index contributed by atoms with van der Waals surface area (Å²) in [5.74, 6) is 0.766. The zero-order valence-electron chi connectivity index (χ0n) is 12.1. The van der Waals surface area contributed by atoms with Crippen molar-refractivity contribution in [2.75, 3.05) is 25.9 Å². The predicted molar refractivity (Wildman–Crippen MR) is 80.5 cm³/mol. The Kier molecular flexibility index (Phi) is 5.01. The molecule has 0 saturated carbocycles. The van der Waals surface area contributed by atoms with Crippen molar-refractivity contribution in [3.8, 4) is 5.75 Å². The van der Waals surface area contributed by atoms with Gasteiger partial charge in [0.15, 0.2) is 0 Å². The van der Waals surface area contributed by atoms with Crippen LogP contribution in [0.3, 0.4) is 0 Å². The van der Waals surface area contributed by atoms with Gasteiger partial charge in [-0.25, -0.2) is 0 Å². The molecule has 1 aromatic carbocycles. The molecule has 0 unspecified atom stereocenters. The zero-order valence-corrected chi connectivity index (χ0v) is 12.1. The molecule has 0 aliphatic heterocycles. The summed E-state index contributed by atoms with van der Waals surface area (Å²) in [6.07, 6.45) is 4.90. The lowest BCUT2D eigenvalue weighted by Gasteiger charge is -2.16. The maximum atomic E-state index is 5.82. The lowest BCUT2D eigenvalue weighted by molar-refractivity contribution is 0.259. The van der Waals surface area contributed by atoms with Crippen molar-refractivity contribution in [1.29, 1.82) is 0 Å². The number of aromatic nitrogens is 2. The Balaban J connectivity index is 1.67. The van der Waals surface area contributed by atoms with Crippen LogP contribution in [-0.2, 0) is 13.6 Å². The number of hydrogen-bond acceptors (Lipinski definition) is 4. The van der Waals surface area contributed by atoms with E-state index >= 15 is 0 Å².